The summed E-state index contributed by atoms with van der Waals surface area (Å²) in [5.74, 6) is 0. The fraction of sp³-hybridized carbons (Fsp3) is 0.778. The minimum absolute atomic E-state index is 0. The molecule has 1 fully saturated rings. The minimum Gasteiger partial charge on any atom is -0.414 e. The van der Waals surface area contributed by atoms with Gasteiger partial charge in [-0.1, -0.05) is 6.10 Å². The number of hydrogen-bond acceptors (Lipinski definition) is 2. The number of ether oxygens (including phenoxy) is 1. The first-order chi connectivity index (χ1) is 5.91. The fourth-order valence-electron chi connectivity index (χ4n) is 1.06. The van der Waals surface area contributed by atoms with Crippen LogP contribution in [0.25, 0.3) is 0 Å². The van der Waals surface area contributed by atoms with E-state index in [2.05, 4.69) is 31.5 Å². The molecule has 2 unspecified atom stereocenters. The first-order valence-corrected chi connectivity index (χ1v) is 7.17. The molecule has 3 radical (unpaired) electrons. The fourth-order valence-corrected chi connectivity index (χ4v) is 1.06. The summed E-state index contributed by atoms with van der Waals surface area (Å²) in [7, 11) is 7.40. The number of nitrogens with zero attached hydrogens (tertiary/aromatic N) is 1. The molecule has 0 aromatic heterocycles. The van der Waals surface area contributed by atoms with Crippen LogP contribution in [0.5, 0.6) is 0 Å². The van der Waals surface area contributed by atoms with Crippen molar-refractivity contribution in [3.05, 3.63) is 6.92 Å². The molecule has 0 aromatic carbocycles. The van der Waals surface area contributed by atoms with E-state index in [-0.39, 0.29) is 52.4 Å². The van der Waals surface area contributed by atoms with Gasteiger partial charge in [0.15, 0.2) is 0 Å². The van der Waals surface area contributed by atoms with Gasteiger partial charge in [-0.15, -0.1) is 13.8 Å². The molecule has 0 aromatic rings. The van der Waals surface area contributed by atoms with Gasteiger partial charge in [0, 0.05) is 45.3 Å². The maximum absolute atomic E-state index is 5.51. The number of morpholine rings is 1. The Bertz CT molecular complexity index is 142. The molecule has 79 valence electrons. The Hall–Kier alpha value is 1.39. The Balaban J connectivity index is 0. The average molecular weight is 289 g/mol. The average Bonchev–Trinajstić information content (AvgIpc) is 1.80. The summed E-state index contributed by atoms with van der Waals surface area (Å²) >= 11 is 0. The molecule has 1 rings (SSSR count). The van der Waals surface area contributed by atoms with Crippen LogP contribution in [-0.4, -0.2) is 64.6 Å². The minimum atomic E-state index is -0.147. The molecular weight excluding hydrogens is 269 g/mol. The van der Waals surface area contributed by atoms with E-state index in [4.69, 9.17) is 12.6 Å². The van der Waals surface area contributed by atoms with Crippen molar-refractivity contribution in [2.24, 2.45) is 0 Å². The van der Waals surface area contributed by atoms with Gasteiger partial charge >= 0.3 is 0 Å². The van der Waals surface area contributed by atoms with Gasteiger partial charge in [-0.05, 0) is 26.9 Å². The van der Waals surface area contributed by atoms with Gasteiger partial charge in [0.1, 0.15) is 7.85 Å². The molecule has 2 atom stereocenters. The van der Waals surface area contributed by atoms with Crippen LogP contribution in [0.4, 0.5) is 0 Å². The van der Waals surface area contributed by atoms with Crippen molar-refractivity contribution in [2.45, 2.75) is 12.1 Å². The summed E-state index contributed by atoms with van der Waals surface area (Å²) in [6.07, 6.45) is 3.78. The van der Waals surface area contributed by atoms with Crippen LogP contribution in [0.3, 0.4) is 0 Å². The smallest absolute Gasteiger partial charge is 0.110 e. The zero-order valence-electron chi connectivity index (χ0n) is 9.49. The Kier molecular flexibility index (Phi) is 12.2. The van der Waals surface area contributed by atoms with Gasteiger partial charge in [-0.3, -0.25) is 0 Å². The third-order valence-electron chi connectivity index (χ3n) is 1.37. The Morgan fingerprint density at radius 1 is 1.50 bits per heavy atom. The van der Waals surface area contributed by atoms with Crippen LogP contribution in [0, 0.1) is 6.92 Å². The van der Waals surface area contributed by atoms with Crippen LogP contribution in [-0.2, 0) is 37.4 Å². The van der Waals surface area contributed by atoms with E-state index in [1.807, 2.05) is 7.05 Å². The number of hydrogen-bond donors (Lipinski definition) is 0. The summed E-state index contributed by atoms with van der Waals surface area (Å²) < 4.78 is 5.18. The van der Waals surface area contributed by atoms with Crippen LogP contribution in [0.15, 0.2) is 0 Å². The van der Waals surface area contributed by atoms with Gasteiger partial charge in [0.25, 0.3) is 0 Å². The molecule has 5 heteroatoms. The van der Waals surface area contributed by atoms with Crippen molar-refractivity contribution in [2.75, 3.05) is 33.5 Å². The van der Waals surface area contributed by atoms with Crippen molar-refractivity contribution >= 4 is 21.7 Å². The van der Waals surface area contributed by atoms with Crippen molar-refractivity contribution in [1.82, 2.24) is 4.90 Å². The number of rotatable bonds is 0. The molecule has 0 saturated carbocycles. The van der Waals surface area contributed by atoms with Crippen molar-refractivity contribution in [3.63, 3.8) is 0 Å². The van der Waals surface area contributed by atoms with Gasteiger partial charge in [0.2, 0.25) is 0 Å². The maximum atomic E-state index is 5.51. The van der Waals surface area contributed by atoms with E-state index in [1.54, 1.807) is 0 Å². The molecule has 0 spiro atoms. The first-order valence-electron chi connectivity index (χ1n) is 4.46. The van der Waals surface area contributed by atoms with Crippen LogP contribution < -0.4 is 0 Å². The van der Waals surface area contributed by atoms with Gasteiger partial charge in [-0.25, -0.2) is 0 Å². The van der Waals surface area contributed by atoms with E-state index in [0.717, 1.165) is 13.1 Å². The maximum Gasteiger partial charge on any atom is 0.110 e. The van der Waals surface area contributed by atoms with Crippen molar-refractivity contribution in [3.8, 4) is 0 Å². The second-order valence-electron chi connectivity index (χ2n) is 3.72. The molecule has 0 bridgehead atoms. The summed E-state index contributed by atoms with van der Waals surface area (Å²) in [5, 5.41) is 0. The molecule has 0 N–H and O–H groups in total. The van der Waals surface area contributed by atoms with Crippen LogP contribution in [0.1, 0.15) is 0 Å². The zero-order valence-corrected chi connectivity index (χ0v) is 13.3. The van der Waals surface area contributed by atoms with Crippen LogP contribution in [0.2, 0.25) is 0 Å². The number of likely N-dealkylation sites (N-methyl/N-ethyl adjacent to an activating group) is 1. The van der Waals surface area contributed by atoms with Crippen molar-refractivity contribution in [1.29, 1.82) is 0 Å². The van der Waals surface area contributed by atoms with E-state index in [1.165, 1.54) is 0 Å². The Morgan fingerprint density at radius 2 is 1.93 bits per heavy atom. The zero-order chi connectivity index (χ0) is 10.4. The standard InChI is InChI=1S/C6H11BNO.C3H9P.Y/c1-5-3-8(2)4-6(7)9-5;1-4(2)3;/h5-6H,1,3-4H2,2H3;4H,1H2,2-3H3;/q-1;;. The SMILES string of the molecule is C=[PH](C)C.[B]C1CN(C)CC([CH2-])O1.[Y]. The topological polar surface area (TPSA) is 12.5 Å². The first kappa shape index (κ1) is 17.8. The predicted octanol–water partition coefficient (Wildman–Crippen LogP) is 0.535. The molecule has 1 saturated heterocycles. The third-order valence-corrected chi connectivity index (χ3v) is 1.37. The summed E-state index contributed by atoms with van der Waals surface area (Å²) in [4.78, 5) is 2.12. The van der Waals surface area contributed by atoms with E-state index in [9.17, 15) is 0 Å². The van der Waals surface area contributed by atoms with E-state index in [0.29, 0.717) is 0 Å². The Morgan fingerprint density at radius 3 is 2.21 bits per heavy atom. The van der Waals surface area contributed by atoms with Gasteiger partial charge in [-0.2, -0.15) is 0 Å². The van der Waals surface area contributed by atoms with Crippen LogP contribution >= 0.6 is 7.55 Å². The summed E-state index contributed by atoms with van der Waals surface area (Å²) in [6.45, 7) is 9.76. The Labute approximate surface area is 116 Å². The third kappa shape index (κ3) is 11.5. The van der Waals surface area contributed by atoms with E-state index >= 15 is 0 Å². The molecule has 1 aliphatic heterocycles. The molecule has 1 aliphatic rings. The molecule has 2 nitrogen and oxygen atoms in total. The van der Waals surface area contributed by atoms with E-state index < -0.39 is 0 Å². The monoisotopic (exact) mass is 289 g/mol. The second-order valence-corrected chi connectivity index (χ2v) is 6.14. The molecule has 1 heterocycles. The normalized spacial score (nSPS) is 27.5. The van der Waals surface area contributed by atoms with Gasteiger partial charge in [0.05, 0.1) is 0 Å². The predicted molar refractivity (Wildman–Crippen MR) is 64.6 cm³/mol. The summed E-state index contributed by atoms with van der Waals surface area (Å²) in [5.41, 5.74) is 0. The van der Waals surface area contributed by atoms with Gasteiger partial charge < -0.3 is 16.6 Å². The largest absolute Gasteiger partial charge is 0.414 e. The molecule has 0 amide bonds. The second kappa shape index (κ2) is 9.60. The van der Waals surface area contributed by atoms with Crippen molar-refractivity contribution < 1.29 is 37.4 Å². The molecule has 0 aliphatic carbocycles. The molecule has 14 heavy (non-hydrogen) atoms. The quantitative estimate of drug-likeness (QED) is 0.366. The summed E-state index contributed by atoms with van der Waals surface area (Å²) in [6, 6.07) is -0.147. The molecular formula is C9H20BNOPY-.